The summed E-state index contributed by atoms with van der Waals surface area (Å²) in [6, 6.07) is -0.270. The normalized spacial score (nSPS) is 23.3. The lowest BCUT2D eigenvalue weighted by Gasteiger charge is -2.33. The second-order valence-corrected chi connectivity index (χ2v) is 7.72. The molecule has 1 fully saturated rings. The standard InChI is InChI=1S/C11H22N2O4S/c1-11(2,8-14)13(3)6-10(15)12-9-4-5-18(16,17)7-9/h9,14H,4-8H2,1-3H3,(H,12,15). The van der Waals surface area contributed by atoms with Gasteiger partial charge in [-0.05, 0) is 27.3 Å². The van der Waals surface area contributed by atoms with Crippen molar-refractivity contribution in [1.29, 1.82) is 0 Å². The van der Waals surface area contributed by atoms with E-state index < -0.39 is 15.4 Å². The van der Waals surface area contributed by atoms with Crippen LogP contribution in [0.1, 0.15) is 20.3 Å². The van der Waals surface area contributed by atoms with Gasteiger partial charge in [-0.2, -0.15) is 0 Å². The average Bonchev–Trinajstić information content (AvgIpc) is 2.57. The molecule has 0 aliphatic carbocycles. The molecule has 1 saturated heterocycles. The van der Waals surface area contributed by atoms with Crippen molar-refractivity contribution in [1.82, 2.24) is 10.2 Å². The van der Waals surface area contributed by atoms with Crippen LogP contribution in [0.2, 0.25) is 0 Å². The second-order valence-electron chi connectivity index (χ2n) is 5.49. The lowest BCUT2D eigenvalue weighted by molar-refractivity contribution is -0.124. The SMILES string of the molecule is CN(CC(=O)NC1CCS(=O)(=O)C1)C(C)(C)CO. The molecule has 0 aromatic heterocycles. The fourth-order valence-electron chi connectivity index (χ4n) is 1.73. The van der Waals surface area contributed by atoms with Crippen molar-refractivity contribution < 1.29 is 18.3 Å². The van der Waals surface area contributed by atoms with Gasteiger partial charge in [0.2, 0.25) is 5.91 Å². The minimum atomic E-state index is -2.97. The molecule has 0 saturated carbocycles. The van der Waals surface area contributed by atoms with Gasteiger partial charge in [0.15, 0.2) is 9.84 Å². The molecule has 1 unspecified atom stereocenters. The van der Waals surface area contributed by atoms with Crippen molar-refractivity contribution in [2.75, 3.05) is 31.7 Å². The third-order valence-electron chi connectivity index (χ3n) is 3.40. The number of amides is 1. The molecule has 18 heavy (non-hydrogen) atoms. The van der Waals surface area contributed by atoms with Crippen LogP contribution in [0, 0.1) is 0 Å². The van der Waals surface area contributed by atoms with Crippen molar-refractivity contribution in [2.45, 2.75) is 31.8 Å². The van der Waals surface area contributed by atoms with E-state index in [9.17, 15) is 18.3 Å². The lowest BCUT2D eigenvalue weighted by Crippen LogP contribution is -2.50. The van der Waals surface area contributed by atoms with E-state index in [4.69, 9.17) is 0 Å². The first-order valence-electron chi connectivity index (χ1n) is 5.98. The van der Waals surface area contributed by atoms with Crippen LogP contribution < -0.4 is 5.32 Å². The Morgan fingerprint density at radius 2 is 2.11 bits per heavy atom. The fourth-order valence-corrected chi connectivity index (χ4v) is 3.41. The zero-order valence-corrected chi connectivity index (χ0v) is 12.0. The number of carbonyl (C=O) groups is 1. The Kier molecular flexibility index (Phi) is 4.74. The zero-order chi connectivity index (χ0) is 14.0. The number of sulfone groups is 1. The molecule has 0 aromatic rings. The fraction of sp³-hybridized carbons (Fsp3) is 0.909. The Morgan fingerprint density at radius 1 is 1.50 bits per heavy atom. The van der Waals surface area contributed by atoms with Crippen molar-refractivity contribution in [3.63, 3.8) is 0 Å². The van der Waals surface area contributed by atoms with E-state index in [1.54, 1.807) is 11.9 Å². The van der Waals surface area contributed by atoms with Gasteiger partial charge in [-0.25, -0.2) is 8.42 Å². The molecule has 0 radical (unpaired) electrons. The van der Waals surface area contributed by atoms with Gasteiger partial charge >= 0.3 is 0 Å². The molecular formula is C11H22N2O4S. The first-order valence-corrected chi connectivity index (χ1v) is 7.80. The van der Waals surface area contributed by atoms with Crippen LogP contribution >= 0.6 is 0 Å². The van der Waals surface area contributed by atoms with Gasteiger partial charge in [0, 0.05) is 11.6 Å². The Bertz CT molecular complexity index is 405. The molecule has 1 amide bonds. The predicted molar refractivity (Wildman–Crippen MR) is 69.0 cm³/mol. The summed E-state index contributed by atoms with van der Waals surface area (Å²) >= 11 is 0. The van der Waals surface area contributed by atoms with E-state index in [0.29, 0.717) is 6.42 Å². The predicted octanol–water partition coefficient (Wildman–Crippen LogP) is -1.01. The van der Waals surface area contributed by atoms with E-state index in [-0.39, 0.29) is 36.6 Å². The molecule has 0 spiro atoms. The molecule has 1 heterocycles. The highest BCUT2D eigenvalue weighted by Crippen LogP contribution is 2.12. The van der Waals surface area contributed by atoms with Crippen LogP contribution in [-0.2, 0) is 14.6 Å². The van der Waals surface area contributed by atoms with Crippen LogP contribution in [0.15, 0.2) is 0 Å². The van der Waals surface area contributed by atoms with Crippen LogP contribution in [-0.4, -0.2) is 67.6 Å². The minimum absolute atomic E-state index is 0.0336. The molecule has 1 rings (SSSR count). The highest BCUT2D eigenvalue weighted by atomic mass is 32.2. The van der Waals surface area contributed by atoms with Crippen LogP contribution in [0.4, 0.5) is 0 Å². The van der Waals surface area contributed by atoms with Crippen molar-refractivity contribution in [2.24, 2.45) is 0 Å². The molecule has 106 valence electrons. The van der Waals surface area contributed by atoms with Crippen LogP contribution in [0.25, 0.3) is 0 Å². The number of nitrogens with zero attached hydrogens (tertiary/aromatic N) is 1. The van der Waals surface area contributed by atoms with Gasteiger partial charge in [0.05, 0.1) is 24.7 Å². The molecule has 0 aromatic carbocycles. The summed E-state index contributed by atoms with van der Waals surface area (Å²) in [5.41, 5.74) is -0.473. The summed E-state index contributed by atoms with van der Waals surface area (Å²) < 4.78 is 22.5. The Labute approximate surface area is 108 Å². The van der Waals surface area contributed by atoms with Crippen LogP contribution in [0.5, 0.6) is 0 Å². The van der Waals surface area contributed by atoms with Gasteiger partial charge in [-0.1, -0.05) is 0 Å². The van der Waals surface area contributed by atoms with E-state index in [1.807, 2.05) is 13.8 Å². The van der Waals surface area contributed by atoms with Gasteiger partial charge in [-0.15, -0.1) is 0 Å². The summed E-state index contributed by atoms with van der Waals surface area (Å²) in [6.45, 7) is 3.76. The summed E-state index contributed by atoms with van der Waals surface area (Å²) in [4.78, 5) is 13.5. The molecule has 7 heteroatoms. The van der Waals surface area contributed by atoms with Gasteiger partial charge in [-0.3, -0.25) is 9.69 Å². The smallest absolute Gasteiger partial charge is 0.234 e. The van der Waals surface area contributed by atoms with Gasteiger partial charge in [0.25, 0.3) is 0 Å². The summed E-state index contributed by atoms with van der Waals surface area (Å²) in [5.74, 6) is -0.0250. The van der Waals surface area contributed by atoms with Crippen molar-refractivity contribution in [3.05, 3.63) is 0 Å². The van der Waals surface area contributed by atoms with Crippen molar-refractivity contribution in [3.8, 4) is 0 Å². The molecule has 2 N–H and O–H groups in total. The Morgan fingerprint density at radius 3 is 2.56 bits per heavy atom. The maximum atomic E-state index is 11.8. The summed E-state index contributed by atoms with van der Waals surface area (Å²) in [6.07, 6.45) is 0.487. The van der Waals surface area contributed by atoms with E-state index in [1.165, 1.54) is 0 Å². The summed E-state index contributed by atoms with van der Waals surface area (Å²) in [5, 5.41) is 11.9. The molecule has 0 bridgehead atoms. The van der Waals surface area contributed by atoms with Crippen molar-refractivity contribution >= 4 is 15.7 Å². The number of carbonyl (C=O) groups excluding carboxylic acids is 1. The zero-order valence-electron chi connectivity index (χ0n) is 11.1. The molecule has 1 atom stereocenters. The first-order chi connectivity index (χ1) is 8.16. The molecule has 1 aliphatic rings. The average molecular weight is 278 g/mol. The third kappa shape index (κ3) is 4.22. The quantitative estimate of drug-likeness (QED) is 0.673. The lowest BCUT2D eigenvalue weighted by atomic mass is 10.1. The van der Waals surface area contributed by atoms with Gasteiger partial charge in [0.1, 0.15) is 0 Å². The monoisotopic (exact) mass is 278 g/mol. The van der Waals surface area contributed by atoms with E-state index >= 15 is 0 Å². The molecule has 6 nitrogen and oxygen atoms in total. The number of likely N-dealkylation sites (N-methyl/N-ethyl adjacent to an activating group) is 1. The number of aliphatic hydroxyl groups excluding tert-OH is 1. The highest BCUT2D eigenvalue weighted by Gasteiger charge is 2.30. The Hall–Kier alpha value is -0.660. The maximum Gasteiger partial charge on any atom is 0.234 e. The molecule has 1 aliphatic heterocycles. The van der Waals surface area contributed by atoms with E-state index in [0.717, 1.165) is 0 Å². The number of aliphatic hydroxyl groups is 1. The number of hydrogen-bond donors (Lipinski definition) is 2. The Balaban J connectivity index is 2.44. The first kappa shape index (κ1) is 15.4. The maximum absolute atomic E-state index is 11.8. The minimum Gasteiger partial charge on any atom is -0.394 e. The van der Waals surface area contributed by atoms with Crippen LogP contribution in [0.3, 0.4) is 0 Å². The number of rotatable bonds is 5. The number of nitrogens with one attached hydrogen (secondary N) is 1. The topological polar surface area (TPSA) is 86.7 Å². The van der Waals surface area contributed by atoms with E-state index in [2.05, 4.69) is 5.32 Å². The largest absolute Gasteiger partial charge is 0.394 e. The summed E-state index contributed by atoms with van der Waals surface area (Å²) in [7, 11) is -1.22. The van der Waals surface area contributed by atoms with Gasteiger partial charge < -0.3 is 10.4 Å². The third-order valence-corrected chi connectivity index (χ3v) is 5.17. The number of hydrogen-bond acceptors (Lipinski definition) is 5. The second kappa shape index (κ2) is 5.54. The highest BCUT2D eigenvalue weighted by molar-refractivity contribution is 7.91. The molecular weight excluding hydrogens is 256 g/mol.